The SMILES string of the molecule is CN1CC[C@]2(CCC1=O)CN(C(=O)Cn1ccnn1)CCN2C. The molecule has 8 nitrogen and oxygen atoms in total. The van der Waals surface area contributed by atoms with Crippen LogP contribution in [0.15, 0.2) is 12.4 Å². The van der Waals surface area contributed by atoms with Gasteiger partial charge in [-0.1, -0.05) is 5.21 Å². The van der Waals surface area contributed by atoms with E-state index in [0.29, 0.717) is 13.0 Å². The van der Waals surface area contributed by atoms with Gasteiger partial charge in [0.15, 0.2) is 0 Å². The molecule has 0 aliphatic carbocycles. The Labute approximate surface area is 136 Å². The predicted octanol–water partition coefficient (Wildman–Crippen LogP) is -0.567. The largest absolute Gasteiger partial charge is 0.346 e. The molecule has 2 amide bonds. The van der Waals surface area contributed by atoms with Crippen LogP contribution in [0, 0.1) is 0 Å². The zero-order valence-electron chi connectivity index (χ0n) is 13.8. The maximum Gasteiger partial charge on any atom is 0.244 e. The Hall–Kier alpha value is -1.96. The lowest BCUT2D eigenvalue weighted by molar-refractivity contribution is -0.137. The summed E-state index contributed by atoms with van der Waals surface area (Å²) in [5.74, 6) is 0.258. The molecule has 2 aliphatic rings. The van der Waals surface area contributed by atoms with E-state index in [1.807, 2.05) is 11.9 Å². The van der Waals surface area contributed by atoms with Gasteiger partial charge in [-0.2, -0.15) is 0 Å². The topological polar surface area (TPSA) is 74.6 Å². The van der Waals surface area contributed by atoms with Gasteiger partial charge in [-0.3, -0.25) is 14.5 Å². The van der Waals surface area contributed by atoms with Crippen molar-refractivity contribution in [3.05, 3.63) is 12.4 Å². The zero-order chi connectivity index (χ0) is 16.4. The smallest absolute Gasteiger partial charge is 0.244 e. The number of amides is 2. The highest BCUT2D eigenvalue weighted by molar-refractivity contribution is 5.77. The molecule has 23 heavy (non-hydrogen) atoms. The van der Waals surface area contributed by atoms with Crippen molar-refractivity contribution in [2.45, 2.75) is 31.3 Å². The first-order chi connectivity index (χ1) is 11.0. The standard InChI is InChI=1S/C15H24N6O2/c1-18-7-5-15(4-3-13(18)22)12-20(10-9-19(15)2)14(23)11-21-8-6-16-17-21/h6,8H,3-5,7,9-12H2,1-2H3/t15-/m1/s1. The monoisotopic (exact) mass is 320 g/mol. The van der Waals surface area contributed by atoms with E-state index in [4.69, 9.17) is 0 Å². The van der Waals surface area contributed by atoms with Gasteiger partial charge in [0.2, 0.25) is 11.8 Å². The van der Waals surface area contributed by atoms with Crippen molar-refractivity contribution in [1.82, 2.24) is 29.7 Å². The van der Waals surface area contributed by atoms with Gasteiger partial charge in [-0.05, 0) is 19.9 Å². The minimum atomic E-state index is -0.100. The van der Waals surface area contributed by atoms with E-state index in [0.717, 1.165) is 32.5 Å². The van der Waals surface area contributed by atoms with E-state index in [1.54, 1.807) is 22.0 Å². The number of likely N-dealkylation sites (tertiary alicyclic amines) is 1. The van der Waals surface area contributed by atoms with Crippen LogP contribution >= 0.6 is 0 Å². The van der Waals surface area contributed by atoms with Crippen molar-refractivity contribution in [3.63, 3.8) is 0 Å². The maximum absolute atomic E-state index is 12.6. The van der Waals surface area contributed by atoms with Gasteiger partial charge in [-0.15, -0.1) is 5.10 Å². The molecule has 0 unspecified atom stereocenters. The highest BCUT2D eigenvalue weighted by atomic mass is 16.2. The average molecular weight is 320 g/mol. The van der Waals surface area contributed by atoms with E-state index in [1.165, 1.54) is 0 Å². The third-order valence-corrected chi connectivity index (χ3v) is 5.26. The number of rotatable bonds is 2. The van der Waals surface area contributed by atoms with Crippen molar-refractivity contribution in [2.24, 2.45) is 0 Å². The third kappa shape index (κ3) is 3.21. The van der Waals surface area contributed by atoms with Crippen molar-refractivity contribution < 1.29 is 9.59 Å². The van der Waals surface area contributed by atoms with Crippen molar-refractivity contribution in [3.8, 4) is 0 Å². The Balaban J connectivity index is 1.71. The van der Waals surface area contributed by atoms with E-state index >= 15 is 0 Å². The normalized spacial score (nSPS) is 26.6. The number of aromatic nitrogens is 3. The van der Waals surface area contributed by atoms with E-state index in [2.05, 4.69) is 22.3 Å². The Morgan fingerprint density at radius 2 is 2.09 bits per heavy atom. The molecule has 8 heteroatoms. The van der Waals surface area contributed by atoms with Crippen LogP contribution in [0.4, 0.5) is 0 Å². The Kier molecular flexibility index (Phi) is 4.34. The fraction of sp³-hybridized carbons (Fsp3) is 0.733. The molecule has 0 saturated carbocycles. The molecule has 126 valence electrons. The summed E-state index contributed by atoms with van der Waals surface area (Å²) < 4.78 is 1.55. The molecule has 1 atom stereocenters. The molecular formula is C15H24N6O2. The van der Waals surface area contributed by atoms with Crippen LogP contribution in [0.2, 0.25) is 0 Å². The van der Waals surface area contributed by atoms with Crippen LogP contribution < -0.4 is 0 Å². The number of hydrogen-bond acceptors (Lipinski definition) is 5. The lowest BCUT2D eigenvalue weighted by Gasteiger charge is -2.49. The fourth-order valence-corrected chi connectivity index (χ4v) is 3.53. The lowest BCUT2D eigenvalue weighted by atomic mass is 9.86. The molecule has 3 heterocycles. The molecule has 3 rings (SSSR count). The van der Waals surface area contributed by atoms with Gasteiger partial charge in [0.05, 0.1) is 6.20 Å². The average Bonchev–Trinajstić information content (AvgIpc) is 3.00. The van der Waals surface area contributed by atoms with Crippen LogP contribution in [0.1, 0.15) is 19.3 Å². The van der Waals surface area contributed by atoms with E-state index in [9.17, 15) is 9.59 Å². The zero-order valence-corrected chi connectivity index (χ0v) is 13.8. The molecule has 2 saturated heterocycles. The van der Waals surface area contributed by atoms with Crippen LogP contribution in [0.3, 0.4) is 0 Å². The minimum Gasteiger partial charge on any atom is -0.346 e. The highest BCUT2D eigenvalue weighted by Gasteiger charge is 2.42. The summed E-state index contributed by atoms with van der Waals surface area (Å²) in [4.78, 5) is 30.6. The van der Waals surface area contributed by atoms with Crippen LogP contribution in [0.5, 0.6) is 0 Å². The van der Waals surface area contributed by atoms with Crippen molar-refractivity contribution >= 4 is 11.8 Å². The first-order valence-corrected chi connectivity index (χ1v) is 8.07. The molecule has 1 aromatic heterocycles. The van der Waals surface area contributed by atoms with Gasteiger partial charge in [0.1, 0.15) is 6.54 Å². The van der Waals surface area contributed by atoms with Crippen LogP contribution in [-0.2, 0) is 16.1 Å². The van der Waals surface area contributed by atoms with Gasteiger partial charge < -0.3 is 9.80 Å². The van der Waals surface area contributed by atoms with Crippen molar-refractivity contribution in [1.29, 1.82) is 0 Å². The summed E-state index contributed by atoms with van der Waals surface area (Å²) in [6.45, 7) is 3.20. The van der Waals surface area contributed by atoms with Gasteiger partial charge in [0, 0.05) is 51.4 Å². The number of carbonyl (C=O) groups is 2. The molecule has 0 bridgehead atoms. The molecular weight excluding hydrogens is 296 g/mol. The second kappa shape index (κ2) is 6.27. The Morgan fingerprint density at radius 3 is 2.83 bits per heavy atom. The Bertz CT molecular complexity index is 575. The van der Waals surface area contributed by atoms with Gasteiger partial charge in [-0.25, -0.2) is 4.68 Å². The molecule has 1 aromatic rings. The summed E-state index contributed by atoms with van der Waals surface area (Å²) in [6.07, 6.45) is 5.53. The maximum atomic E-state index is 12.6. The predicted molar refractivity (Wildman–Crippen MR) is 83.5 cm³/mol. The Morgan fingerprint density at radius 1 is 1.26 bits per heavy atom. The molecule has 0 N–H and O–H groups in total. The quantitative estimate of drug-likeness (QED) is 0.730. The lowest BCUT2D eigenvalue weighted by Crippen LogP contribution is -2.62. The highest BCUT2D eigenvalue weighted by Crippen LogP contribution is 2.31. The van der Waals surface area contributed by atoms with Gasteiger partial charge in [0.25, 0.3) is 0 Å². The molecule has 0 radical (unpaired) electrons. The van der Waals surface area contributed by atoms with Crippen LogP contribution in [-0.4, -0.2) is 87.3 Å². The van der Waals surface area contributed by atoms with Crippen LogP contribution in [0.25, 0.3) is 0 Å². The molecule has 2 fully saturated rings. The molecule has 2 aliphatic heterocycles. The third-order valence-electron chi connectivity index (χ3n) is 5.26. The molecule has 1 spiro atoms. The number of hydrogen-bond donors (Lipinski definition) is 0. The minimum absolute atomic E-state index is 0.0619. The summed E-state index contributed by atoms with van der Waals surface area (Å²) in [5, 5.41) is 7.60. The second-order valence-corrected chi connectivity index (χ2v) is 6.63. The van der Waals surface area contributed by atoms with Crippen molar-refractivity contribution in [2.75, 3.05) is 40.3 Å². The summed E-state index contributed by atoms with van der Waals surface area (Å²) in [7, 11) is 3.97. The first kappa shape index (κ1) is 15.9. The van der Waals surface area contributed by atoms with Gasteiger partial charge >= 0.3 is 0 Å². The number of nitrogens with zero attached hydrogens (tertiary/aromatic N) is 6. The number of carbonyl (C=O) groups excluding carboxylic acids is 2. The second-order valence-electron chi connectivity index (χ2n) is 6.63. The number of likely N-dealkylation sites (N-methyl/N-ethyl adjacent to an activating group) is 1. The summed E-state index contributed by atoms with van der Waals surface area (Å²) in [5.41, 5.74) is -0.100. The number of piperazine rings is 1. The summed E-state index contributed by atoms with van der Waals surface area (Å²) >= 11 is 0. The van der Waals surface area contributed by atoms with E-state index in [-0.39, 0.29) is 23.9 Å². The first-order valence-electron chi connectivity index (χ1n) is 8.07. The van der Waals surface area contributed by atoms with E-state index < -0.39 is 0 Å². The fourth-order valence-electron chi connectivity index (χ4n) is 3.53. The summed E-state index contributed by atoms with van der Waals surface area (Å²) in [6, 6.07) is 0. The molecule has 0 aromatic carbocycles.